The largest absolute Gasteiger partial charge is 0.385 e. The predicted octanol–water partition coefficient (Wildman–Crippen LogP) is 0.426. The maximum atomic E-state index is 11.3. The standard InChI is InChI=1S/C14H24N4O3S/c1-3-16-14(17-8-5-9-21-2)18-11-12-6-4-7-13(10-12)22(15,19)20/h4,6-7,10H,3,5,8-9,11H2,1-2H3,(H2,15,19,20)(H2,16,17,18). The molecule has 0 spiro atoms. The zero-order valence-corrected chi connectivity index (χ0v) is 13.8. The summed E-state index contributed by atoms with van der Waals surface area (Å²) in [5.41, 5.74) is 0.778. The van der Waals surface area contributed by atoms with E-state index in [0.717, 1.165) is 25.1 Å². The van der Waals surface area contributed by atoms with Crippen LogP contribution in [-0.4, -0.2) is 41.2 Å². The van der Waals surface area contributed by atoms with Crippen molar-refractivity contribution in [1.29, 1.82) is 0 Å². The lowest BCUT2D eigenvalue weighted by Crippen LogP contribution is -2.38. The molecular weight excluding hydrogens is 304 g/mol. The van der Waals surface area contributed by atoms with Crippen LogP contribution in [0.4, 0.5) is 0 Å². The summed E-state index contributed by atoms with van der Waals surface area (Å²) in [6.07, 6.45) is 0.877. The van der Waals surface area contributed by atoms with Gasteiger partial charge in [-0.05, 0) is 31.0 Å². The fourth-order valence-electron chi connectivity index (χ4n) is 1.76. The number of hydrogen-bond acceptors (Lipinski definition) is 4. The lowest BCUT2D eigenvalue weighted by molar-refractivity contribution is 0.195. The Labute approximate surface area is 132 Å². The molecule has 0 aliphatic rings. The maximum absolute atomic E-state index is 11.3. The number of nitrogens with one attached hydrogen (secondary N) is 2. The van der Waals surface area contributed by atoms with Crippen molar-refractivity contribution in [3.05, 3.63) is 29.8 Å². The van der Waals surface area contributed by atoms with Gasteiger partial charge in [-0.1, -0.05) is 12.1 Å². The summed E-state index contributed by atoms with van der Waals surface area (Å²) >= 11 is 0. The number of rotatable bonds is 8. The van der Waals surface area contributed by atoms with E-state index in [1.165, 1.54) is 12.1 Å². The van der Waals surface area contributed by atoms with Crippen LogP contribution in [0.1, 0.15) is 18.9 Å². The molecule has 0 amide bonds. The van der Waals surface area contributed by atoms with Gasteiger partial charge in [-0.15, -0.1) is 0 Å². The fourth-order valence-corrected chi connectivity index (χ4v) is 2.34. The van der Waals surface area contributed by atoms with Crippen molar-refractivity contribution in [2.24, 2.45) is 10.1 Å². The third-order valence-electron chi connectivity index (χ3n) is 2.81. The Morgan fingerprint density at radius 2 is 2.14 bits per heavy atom. The van der Waals surface area contributed by atoms with Crippen LogP contribution in [0.2, 0.25) is 0 Å². The average molecular weight is 328 g/mol. The molecule has 0 radical (unpaired) electrons. The first-order chi connectivity index (χ1) is 10.5. The molecule has 0 saturated carbocycles. The van der Waals surface area contributed by atoms with Gasteiger partial charge in [0.1, 0.15) is 0 Å². The van der Waals surface area contributed by atoms with E-state index in [9.17, 15) is 8.42 Å². The van der Waals surface area contributed by atoms with Gasteiger partial charge in [-0.3, -0.25) is 0 Å². The number of guanidine groups is 1. The zero-order valence-electron chi connectivity index (χ0n) is 13.0. The van der Waals surface area contributed by atoms with Crippen molar-refractivity contribution in [3.8, 4) is 0 Å². The van der Waals surface area contributed by atoms with Gasteiger partial charge >= 0.3 is 0 Å². The topological polar surface area (TPSA) is 106 Å². The second kappa shape index (κ2) is 9.39. The molecule has 0 unspecified atom stereocenters. The molecule has 0 bridgehead atoms. The van der Waals surface area contributed by atoms with E-state index in [1.54, 1.807) is 13.2 Å². The Balaban J connectivity index is 2.69. The molecule has 0 heterocycles. The van der Waals surface area contributed by atoms with E-state index in [1.807, 2.05) is 13.0 Å². The molecule has 1 aromatic carbocycles. The van der Waals surface area contributed by atoms with Gasteiger partial charge in [0.25, 0.3) is 0 Å². The molecule has 7 nitrogen and oxygen atoms in total. The molecule has 124 valence electrons. The number of nitrogens with two attached hydrogens (primary N) is 1. The van der Waals surface area contributed by atoms with E-state index in [2.05, 4.69) is 15.6 Å². The summed E-state index contributed by atoms with van der Waals surface area (Å²) in [7, 11) is -2.02. The fraction of sp³-hybridized carbons (Fsp3) is 0.500. The molecule has 1 aromatic rings. The van der Waals surface area contributed by atoms with E-state index in [0.29, 0.717) is 19.1 Å². The number of benzene rings is 1. The van der Waals surface area contributed by atoms with Crippen LogP contribution < -0.4 is 15.8 Å². The van der Waals surface area contributed by atoms with E-state index >= 15 is 0 Å². The summed E-state index contributed by atoms with van der Waals surface area (Å²) in [4.78, 5) is 4.52. The third-order valence-corrected chi connectivity index (χ3v) is 3.72. The SMILES string of the molecule is CCNC(=NCc1cccc(S(N)(=O)=O)c1)NCCCOC. The lowest BCUT2D eigenvalue weighted by Gasteiger charge is -2.11. The predicted molar refractivity (Wildman–Crippen MR) is 87.1 cm³/mol. The van der Waals surface area contributed by atoms with Crippen molar-refractivity contribution in [2.75, 3.05) is 26.8 Å². The maximum Gasteiger partial charge on any atom is 0.238 e. The van der Waals surface area contributed by atoms with Gasteiger partial charge in [-0.2, -0.15) is 0 Å². The number of sulfonamides is 1. The lowest BCUT2D eigenvalue weighted by atomic mass is 10.2. The zero-order chi connectivity index (χ0) is 16.4. The minimum atomic E-state index is -3.69. The Bertz CT molecular complexity index is 588. The summed E-state index contributed by atoms with van der Waals surface area (Å²) < 4.78 is 27.7. The van der Waals surface area contributed by atoms with Gasteiger partial charge in [0.2, 0.25) is 10.0 Å². The smallest absolute Gasteiger partial charge is 0.238 e. The van der Waals surface area contributed by atoms with Gasteiger partial charge in [0, 0.05) is 26.8 Å². The Morgan fingerprint density at radius 3 is 2.77 bits per heavy atom. The van der Waals surface area contributed by atoms with E-state index < -0.39 is 10.0 Å². The minimum absolute atomic E-state index is 0.0956. The summed E-state index contributed by atoms with van der Waals surface area (Å²) in [6.45, 7) is 4.52. The van der Waals surface area contributed by atoms with Crippen LogP contribution >= 0.6 is 0 Å². The number of primary sulfonamides is 1. The highest BCUT2D eigenvalue weighted by Crippen LogP contribution is 2.10. The van der Waals surface area contributed by atoms with E-state index in [4.69, 9.17) is 9.88 Å². The Hall–Kier alpha value is -1.64. The number of hydrogen-bond donors (Lipinski definition) is 3. The van der Waals surface area contributed by atoms with Crippen LogP contribution in [0.25, 0.3) is 0 Å². The number of methoxy groups -OCH3 is 1. The first-order valence-corrected chi connectivity index (χ1v) is 8.65. The van der Waals surface area contributed by atoms with Crippen molar-refractivity contribution in [3.63, 3.8) is 0 Å². The average Bonchev–Trinajstić information content (AvgIpc) is 2.48. The number of nitrogens with zero attached hydrogens (tertiary/aromatic N) is 1. The molecule has 4 N–H and O–H groups in total. The normalized spacial score (nSPS) is 12.2. The highest BCUT2D eigenvalue weighted by atomic mass is 32.2. The second-order valence-corrected chi connectivity index (χ2v) is 6.22. The summed E-state index contributed by atoms with van der Waals surface area (Å²) in [5.74, 6) is 0.680. The van der Waals surface area contributed by atoms with Gasteiger partial charge in [0.05, 0.1) is 11.4 Å². The van der Waals surface area contributed by atoms with Gasteiger partial charge < -0.3 is 15.4 Å². The number of ether oxygens (including phenoxy) is 1. The molecule has 0 aliphatic carbocycles. The highest BCUT2D eigenvalue weighted by molar-refractivity contribution is 7.89. The molecule has 0 atom stereocenters. The number of aliphatic imine (C=N–C) groups is 1. The molecule has 0 saturated heterocycles. The highest BCUT2D eigenvalue weighted by Gasteiger charge is 2.07. The van der Waals surface area contributed by atoms with Crippen LogP contribution in [-0.2, 0) is 21.3 Å². The Morgan fingerprint density at radius 1 is 1.36 bits per heavy atom. The second-order valence-electron chi connectivity index (χ2n) is 4.66. The molecular formula is C14H24N4O3S. The van der Waals surface area contributed by atoms with E-state index in [-0.39, 0.29) is 4.90 Å². The first-order valence-electron chi connectivity index (χ1n) is 7.10. The Kier molecular flexibility index (Phi) is 7.86. The van der Waals surface area contributed by atoms with Gasteiger partial charge in [-0.25, -0.2) is 18.5 Å². The molecule has 0 aromatic heterocycles. The minimum Gasteiger partial charge on any atom is -0.385 e. The summed E-state index contributed by atoms with van der Waals surface area (Å²) in [6, 6.07) is 6.47. The van der Waals surface area contributed by atoms with Crippen LogP contribution in [0, 0.1) is 0 Å². The summed E-state index contributed by atoms with van der Waals surface area (Å²) in [5, 5.41) is 11.4. The molecule has 0 fully saturated rings. The van der Waals surface area contributed by atoms with Crippen molar-refractivity contribution in [1.82, 2.24) is 10.6 Å². The molecule has 0 aliphatic heterocycles. The third kappa shape index (κ3) is 6.88. The molecule has 22 heavy (non-hydrogen) atoms. The monoisotopic (exact) mass is 328 g/mol. The van der Waals surface area contributed by atoms with Crippen LogP contribution in [0.5, 0.6) is 0 Å². The van der Waals surface area contributed by atoms with Crippen molar-refractivity contribution >= 4 is 16.0 Å². The van der Waals surface area contributed by atoms with Crippen molar-refractivity contribution in [2.45, 2.75) is 24.8 Å². The van der Waals surface area contributed by atoms with Gasteiger partial charge in [0.15, 0.2) is 5.96 Å². The molecule has 1 rings (SSSR count). The van der Waals surface area contributed by atoms with Crippen molar-refractivity contribution < 1.29 is 13.2 Å². The van der Waals surface area contributed by atoms with Crippen LogP contribution in [0.15, 0.2) is 34.2 Å². The van der Waals surface area contributed by atoms with Crippen LogP contribution in [0.3, 0.4) is 0 Å². The first kappa shape index (κ1) is 18.4. The quantitative estimate of drug-likeness (QED) is 0.364. The molecule has 8 heteroatoms.